The van der Waals surface area contributed by atoms with E-state index in [0.717, 1.165) is 29.0 Å². The third-order valence-corrected chi connectivity index (χ3v) is 5.11. The van der Waals surface area contributed by atoms with E-state index >= 15 is 0 Å². The maximum absolute atomic E-state index is 11.7. The van der Waals surface area contributed by atoms with Crippen molar-refractivity contribution < 1.29 is 14.6 Å². The molecule has 0 aliphatic carbocycles. The first-order chi connectivity index (χ1) is 14.7. The van der Waals surface area contributed by atoms with Crippen molar-refractivity contribution in [2.45, 2.75) is 53.6 Å². The fraction of sp³-hybridized carbons (Fsp3) is 0.500. The summed E-state index contributed by atoms with van der Waals surface area (Å²) in [6.45, 7) is 10.8. The maximum Gasteiger partial charge on any atom is 0.252 e. The van der Waals surface area contributed by atoms with Gasteiger partial charge in [-0.1, -0.05) is 20.3 Å². The number of hydrogen-bond acceptors (Lipinski definition) is 6. The molecule has 0 saturated heterocycles. The van der Waals surface area contributed by atoms with E-state index in [9.17, 15) is 4.79 Å². The molecule has 1 heterocycles. The number of hydrogen-bond donors (Lipinski definition) is 4. The topological polar surface area (TPSA) is 123 Å². The number of amides is 1. The van der Waals surface area contributed by atoms with E-state index in [1.807, 2.05) is 38.1 Å². The van der Waals surface area contributed by atoms with Gasteiger partial charge in [-0.25, -0.2) is 0 Å². The van der Waals surface area contributed by atoms with Crippen LogP contribution in [-0.2, 0) is 4.79 Å². The number of nitrogens with one attached hydrogen (secondary N) is 1. The number of aliphatic hydroxyl groups is 1. The van der Waals surface area contributed by atoms with Gasteiger partial charge in [-0.05, 0) is 62.5 Å². The molecule has 172 valence electrons. The number of primary amides is 1. The van der Waals surface area contributed by atoms with Gasteiger partial charge < -0.3 is 26.6 Å². The zero-order valence-electron chi connectivity index (χ0n) is 19.7. The van der Waals surface area contributed by atoms with Gasteiger partial charge in [0, 0.05) is 31.0 Å². The van der Waals surface area contributed by atoms with Crippen molar-refractivity contribution >= 4 is 23.4 Å². The molecule has 31 heavy (non-hydrogen) atoms. The summed E-state index contributed by atoms with van der Waals surface area (Å²) in [5.41, 5.74) is 15.2. The average molecular weight is 431 g/mol. The van der Waals surface area contributed by atoms with Gasteiger partial charge in [-0.2, -0.15) is 0 Å². The second kappa shape index (κ2) is 12.8. The number of aliphatic imine (C=N–C) groups is 1. The van der Waals surface area contributed by atoms with Crippen molar-refractivity contribution in [3.63, 3.8) is 0 Å². The highest BCUT2D eigenvalue weighted by atomic mass is 16.5. The minimum atomic E-state index is -0.580. The third kappa shape index (κ3) is 7.75. The number of anilines is 1. The molecule has 2 rings (SSSR count). The number of rotatable bonds is 8. The summed E-state index contributed by atoms with van der Waals surface area (Å²) in [6, 6.07) is 5.82. The average Bonchev–Trinajstić information content (AvgIpc) is 2.71. The van der Waals surface area contributed by atoms with Crippen LogP contribution in [-0.4, -0.2) is 43.0 Å². The zero-order chi connectivity index (χ0) is 23.6. The van der Waals surface area contributed by atoms with E-state index in [4.69, 9.17) is 21.3 Å². The highest BCUT2D eigenvalue weighted by Gasteiger charge is 2.21. The summed E-state index contributed by atoms with van der Waals surface area (Å²) in [6.07, 6.45) is 4.16. The van der Waals surface area contributed by atoms with E-state index in [-0.39, 0.29) is 11.7 Å². The fourth-order valence-corrected chi connectivity index (χ4v) is 3.26. The number of nitrogens with zero attached hydrogens (tertiary/aromatic N) is 1. The first kappa shape index (κ1) is 26.2. The normalized spacial score (nSPS) is 15.8. The number of benzene rings is 1. The molecule has 7 nitrogen and oxygen atoms in total. The second-order valence-corrected chi connectivity index (χ2v) is 7.71. The lowest BCUT2D eigenvalue weighted by molar-refractivity contribution is -0.114. The highest BCUT2D eigenvalue weighted by Crippen LogP contribution is 2.29. The Bertz CT molecular complexity index is 837. The van der Waals surface area contributed by atoms with E-state index in [1.165, 1.54) is 6.42 Å². The Kier molecular flexibility index (Phi) is 10.8. The van der Waals surface area contributed by atoms with Crippen molar-refractivity contribution in [2.75, 3.05) is 25.5 Å². The Morgan fingerprint density at radius 1 is 1.29 bits per heavy atom. The molecule has 1 aliphatic heterocycles. The fourth-order valence-electron chi connectivity index (χ4n) is 3.26. The van der Waals surface area contributed by atoms with E-state index in [1.54, 1.807) is 14.0 Å². The molecule has 2 unspecified atom stereocenters. The number of aliphatic hydroxyl groups excluding tert-OH is 1. The quantitative estimate of drug-likeness (QED) is 0.371. The lowest BCUT2D eigenvalue weighted by Gasteiger charge is -2.21. The van der Waals surface area contributed by atoms with Crippen LogP contribution in [0.4, 0.5) is 5.69 Å². The Labute approximate surface area is 186 Å². The minimum Gasteiger partial charge on any atom is -0.494 e. The SMILES string of the molecule is CCCC(C)C(C)O.CCOc1ccc2c(c1)NCC(C(=NC)/C(C(N)=O)=C(\C)N)=C2. The molecule has 0 saturated carbocycles. The van der Waals surface area contributed by atoms with Gasteiger partial charge >= 0.3 is 0 Å². The monoisotopic (exact) mass is 430 g/mol. The Hall–Kier alpha value is -2.80. The smallest absolute Gasteiger partial charge is 0.252 e. The Morgan fingerprint density at radius 2 is 1.97 bits per heavy atom. The number of ether oxygens (including phenoxy) is 1. The van der Waals surface area contributed by atoms with Crippen LogP contribution < -0.4 is 21.5 Å². The summed E-state index contributed by atoms with van der Waals surface area (Å²) in [4.78, 5) is 15.9. The summed E-state index contributed by atoms with van der Waals surface area (Å²) in [7, 11) is 1.62. The second-order valence-electron chi connectivity index (χ2n) is 7.71. The van der Waals surface area contributed by atoms with Crippen LogP contribution in [0.5, 0.6) is 5.75 Å². The maximum atomic E-state index is 11.7. The molecular formula is C24H38N4O3. The van der Waals surface area contributed by atoms with Crippen molar-refractivity contribution in [1.82, 2.24) is 0 Å². The van der Waals surface area contributed by atoms with Crippen LogP contribution in [0.25, 0.3) is 6.08 Å². The molecule has 7 heteroatoms. The van der Waals surface area contributed by atoms with Gasteiger partial charge in [0.05, 0.1) is 24.0 Å². The van der Waals surface area contributed by atoms with E-state index < -0.39 is 5.91 Å². The van der Waals surface area contributed by atoms with Crippen molar-refractivity contribution in [1.29, 1.82) is 0 Å². The molecule has 2 atom stereocenters. The van der Waals surface area contributed by atoms with E-state index in [2.05, 4.69) is 24.2 Å². The molecule has 1 amide bonds. The van der Waals surface area contributed by atoms with Crippen LogP contribution in [0.1, 0.15) is 53.0 Å². The van der Waals surface area contributed by atoms with Crippen LogP contribution in [0.2, 0.25) is 0 Å². The molecule has 1 aliphatic rings. The molecule has 0 radical (unpaired) electrons. The van der Waals surface area contributed by atoms with Crippen molar-refractivity contribution in [2.24, 2.45) is 22.4 Å². The summed E-state index contributed by atoms with van der Waals surface area (Å²) >= 11 is 0. The molecule has 0 spiro atoms. The van der Waals surface area contributed by atoms with Crippen molar-refractivity contribution in [3.8, 4) is 5.75 Å². The third-order valence-electron chi connectivity index (χ3n) is 5.11. The number of fused-ring (bicyclic) bond motifs is 1. The Morgan fingerprint density at radius 3 is 2.42 bits per heavy atom. The molecule has 1 aromatic carbocycles. The number of carbonyl (C=O) groups is 1. The van der Waals surface area contributed by atoms with Gasteiger partial charge in [-0.15, -0.1) is 0 Å². The number of nitrogens with two attached hydrogens (primary N) is 2. The van der Waals surface area contributed by atoms with Gasteiger partial charge in [0.2, 0.25) is 0 Å². The van der Waals surface area contributed by atoms with Crippen LogP contribution in [0.3, 0.4) is 0 Å². The molecular weight excluding hydrogens is 392 g/mol. The van der Waals surface area contributed by atoms with Crippen LogP contribution in [0.15, 0.2) is 40.0 Å². The van der Waals surface area contributed by atoms with Crippen LogP contribution >= 0.6 is 0 Å². The summed E-state index contributed by atoms with van der Waals surface area (Å²) in [5, 5.41) is 12.3. The molecule has 0 fully saturated rings. The predicted octanol–water partition coefficient (Wildman–Crippen LogP) is 3.49. The lowest BCUT2D eigenvalue weighted by atomic mass is 9.95. The lowest BCUT2D eigenvalue weighted by Crippen LogP contribution is -2.28. The van der Waals surface area contributed by atoms with Crippen molar-refractivity contribution in [3.05, 3.63) is 40.6 Å². The standard InChI is InChI=1S/C17H22N4O2.C7H16O/c1-4-23-13-6-5-11-7-12(9-21-14(11)8-13)16(20-3)15(10(2)18)17(19)22;1-4-5-6(2)7(3)8/h5-8,21H,4,9,18H2,1-3H3,(H2,19,22);6-8H,4-5H2,1-3H3/b15-10-,20-16?;. The van der Waals surface area contributed by atoms with E-state index in [0.29, 0.717) is 30.5 Å². The molecule has 6 N–H and O–H groups in total. The van der Waals surface area contributed by atoms with Crippen LogP contribution in [0, 0.1) is 5.92 Å². The first-order valence-electron chi connectivity index (χ1n) is 10.8. The Balaban J connectivity index is 0.000000512. The first-order valence-corrected chi connectivity index (χ1v) is 10.8. The predicted molar refractivity (Wildman–Crippen MR) is 129 cm³/mol. The van der Waals surface area contributed by atoms with Gasteiger partial charge in [0.25, 0.3) is 5.91 Å². The largest absolute Gasteiger partial charge is 0.494 e. The zero-order valence-corrected chi connectivity index (χ0v) is 19.7. The van der Waals surface area contributed by atoms with Gasteiger partial charge in [0.15, 0.2) is 0 Å². The number of carbonyl (C=O) groups excluding carboxylic acids is 1. The summed E-state index contributed by atoms with van der Waals surface area (Å²) in [5.74, 6) is 0.708. The minimum absolute atomic E-state index is 0.130. The number of allylic oxidation sites excluding steroid dienone is 1. The van der Waals surface area contributed by atoms with Gasteiger partial charge in [0.1, 0.15) is 5.75 Å². The molecule has 1 aromatic rings. The summed E-state index contributed by atoms with van der Waals surface area (Å²) < 4.78 is 5.50. The highest BCUT2D eigenvalue weighted by molar-refractivity contribution is 6.29. The van der Waals surface area contributed by atoms with Gasteiger partial charge in [-0.3, -0.25) is 9.79 Å². The molecule has 0 bridgehead atoms. The molecule has 0 aromatic heterocycles.